The molecule has 0 N–H and O–H groups in total. The SMILES string of the molecule is C=C(C)/C=C\C(=C/C)N1c2ccccc2B2c3ccccc3N(c3ccccc3)c3cc(N4C(/C=C\C)=C(C)S([C@H](C)c5ccccc5)(C5(C)C=CC=CC5)c5cc(-c6ccccc6)ccc54)cc1c32. The molecule has 7 aromatic carbocycles. The summed E-state index contributed by atoms with van der Waals surface area (Å²) in [6.45, 7) is 18.2. The highest BCUT2D eigenvalue weighted by molar-refractivity contribution is 8.38. The quantitative estimate of drug-likeness (QED) is 0.0999. The van der Waals surface area contributed by atoms with Crippen LogP contribution < -0.4 is 31.1 Å². The Labute approximate surface area is 417 Å². The van der Waals surface area contributed by atoms with Crippen molar-refractivity contribution in [3.63, 3.8) is 0 Å². The van der Waals surface area contributed by atoms with Crippen molar-refractivity contribution in [2.45, 2.75) is 62.9 Å². The van der Waals surface area contributed by atoms with Crippen molar-refractivity contribution in [2.24, 2.45) is 0 Å². The molecule has 4 aliphatic rings. The summed E-state index contributed by atoms with van der Waals surface area (Å²) in [7, 11) is -1.92. The van der Waals surface area contributed by atoms with Crippen molar-refractivity contribution in [3.8, 4) is 11.1 Å². The van der Waals surface area contributed by atoms with Gasteiger partial charge in [0.25, 0.3) is 6.71 Å². The minimum Gasteiger partial charge on any atom is -0.312 e. The summed E-state index contributed by atoms with van der Waals surface area (Å²) in [5.41, 5.74) is 19.2. The number of fused-ring (bicyclic) bond motifs is 5. The zero-order valence-electron chi connectivity index (χ0n) is 41.2. The highest BCUT2D eigenvalue weighted by atomic mass is 32.3. The van der Waals surface area contributed by atoms with E-state index < -0.39 is 10.0 Å². The van der Waals surface area contributed by atoms with E-state index in [-0.39, 0.29) is 16.7 Å². The number of hydrogen-bond donors (Lipinski definition) is 0. The normalized spacial score (nSPS) is 20.5. The van der Waals surface area contributed by atoms with E-state index in [0.29, 0.717) is 0 Å². The van der Waals surface area contributed by atoms with Crippen LogP contribution in [-0.4, -0.2) is 11.5 Å². The van der Waals surface area contributed by atoms with Crippen LogP contribution >= 0.6 is 10.0 Å². The molecule has 3 aliphatic heterocycles. The molecule has 0 fully saturated rings. The molecule has 3 atom stereocenters. The van der Waals surface area contributed by atoms with Gasteiger partial charge in [-0.15, -0.1) is 0 Å². The molecule has 1 aliphatic carbocycles. The summed E-state index contributed by atoms with van der Waals surface area (Å²) in [6.07, 6.45) is 21.7. The van der Waals surface area contributed by atoms with Crippen LogP contribution in [0.3, 0.4) is 0 Å². The predicted octanol–water partition coefficient (Wildman–Crippen LogP) is 16.3. The summed E-state index contributed by atoms with van der Waals surface area (Å²) in [4.78, 5) is 10.5. The van der Waals surface area contributed by atoms with Gasteiger partial charge in [-0.1, -0.05) is 176 Å². The Balaban J connectivity index is 1.28. The van der Waals surface area contributed by atoms with E-state index >= 15 is 0 Å². The number of hydrogen-bond acceptors (Lipinski definition) is 3. The maximum absolute atomic E-state index is 4.29. The number of para-hydroxylation sites is 3. The molecular formula is C65H60BN3S. The summed E-state index contributed by atoms with van der Waals surface area (Å²) in [5.74, 6) is 0. The molecule has 3 heterocycles. The van der Waals surface area contributed by atoms with Crippen molar-refractivity contribution < 1.29 is 0 Å². The Morgan fingerprint density at radius 3 is 1.97 bits per heavy atom. The van der Waals surface area contributed by atoms with Gasteiger partial charge in [0.05, 0.1) is 17.1 Å². The van der Waals surface area contributed by atoms with Crippen molar-refractivity contribution in [1.82, 2.24) is 0 Å². The molecular weight excluding hydrogens is 866 g/mol. The smallest absolute Gasteiger partial charge is 0.252 e. The molecule has 0 saturated heterocycles. The van der Waals surface area contributed by atoms with Crippen LogP contribution in [-0.2, 0) is 0 Å². The van der Waals surface area contributed by atoms with Crippen LogP contribution in [0.15, 0.2) is 258 Å². The Morgan fingerprint density at radius 2 is 1.30 bits per heavy atom. The largest absolute Gasteiger partial charge is 0.312 e. The lowest BCUT2D eigenvalue weighted by Gasteiger charge is -2.61. The van der Waals surface area contributed by atoms with Gasteiger partial charge in [0.2, 0.25) is 0 Å². The molecule has 0 radical (unpaired) electrons. The van der Waals surface area contributed by atoms with Crippen molar-refractivity contribution in [1.29, 1.82) is 0 Å². The summed E-state index contributed by atoms with van der Waals surface area (Å²) in [5, 5.41) is 0.182. The monoisotopic (exact) mass is 925 g/mol. The Hall–Kier alpha value is -7.47. The maximum atomic E-state index is 4.29. The third-order valence-electron chi connectivity index (χ3n) is 15.1. The minimum absolute atomic E-state index is 0.00940. The number of allylic oxidation sites excluding steroid dienone is 10. The second kappa shape index (κ2) is 18.1. The molecule has 0 bridgehead atoms. The highest BCUT2D eigenvalue weighted by Gasteiger charge is 2.54. The predicted molar refractivity (Wildman–Crippen MR) is 306 cm³/mol. The van der Waals surface area contributed by atoms with E-state index in [4.69, 9.17) is 0 Å². The Morgan fingerprint density at radius 1 is 0.657 bits per heavy atom. The number of rotatable bonds is 10. The van der Waals surface area contributed by atoms with Crippen LogP contribution in [0.2, 0.25) is 0 Å². The van der Waals surface area contributed by atoms with E-state index in [9.17, 15) is 0 Å². The van der Waals surface area contributed by atoms with E-state index in [1.54, 1.807) is 0 Å². The van der Waals surface area contributed by atoms with Gasteiger partial charge < -0.3 is 14.7 Å². The van der Waals surface area contributed by atoms with E-state index in [1.807, 2.05) is 0 Å². The molecule has 344 valence electrons. The fraction of sp³-hybridized carbons (Fsp3) is 0.138. The highest BCUT2D eigenvalue weighted by Crippen LogP contribution is 2.83. The van der Waals surface area contributed by atoms with Crippen LogP contribution in [0, 0.1) is 0 Å². The van der Waals surface area contributed by atoms with Gasteiger partial charge in [-0.05, 0) is 147 Å². The van der Waals surface area contributed by atoms with E-state index in [0.717, 1.165) is 29.1 Å². The Bertz CT molecular complexity index is 3360. The number of nitrogens with zero attached hydrogens (tertiary/aromatic N) is 3. The fourth-order valence-electron chi connectivity index (χ4n) is 12.0. The molecule has 0 aromatic heterocycles. The standard InChI is InChI=1S/C65H60BN3S/c1-8-26-57-48(6)70(65(7)41-24-13-25-42-65,47(5)49-27-14-10-15-28-49)63-43-51(50-29-16-11-17-30-50)38-40-60(63)69(57)54-44-61-64-62(45-54)68(53-31-18-12-19-32-53)59-36-23-21-34-56(59)66(64)55-33-20-22-35-58(55)67(61)52(9-2)39-37-46(3)4/h8-41,43-45,47H,3,42H2,1-2,4-7H3/b26-8-,39-37-,52-9+/t47-,65?/m1/s1. The first-order chi connectivity index (χ1) is 34.2. The van der Waals surface area contributed by atoms with Crippen LogP contribution in [0.4, 0.5) is 39.8 Å². The maximum Gasteiger partial charge on any atom is 0.252 e. The summed E-state index contributed by atoms with van der Waals surface area (Å²) < 4.78 is -0.204. The second-order valence-corrected chi connectivity index (χ2v) is 23.2. The zero-order chi connectivity index (χ0) is 48.1. The van der Waals surface area contributed by atoms with Gasteiger partial charge >= 0.3 is 0 Å². The third-order valence-corrected chi connectivity index (χ3v) is 20.4. The summed E-state index contributed by atoms with van der Waals surface area (Å²) >= 11 is 0. The van der Waals surface area contributed by atoms with Crippen LogP contribution in [0.25, 0.3) is 11.1 Å². The Kier molecular flexibility index (Phi) is 11.7. The number of anilines is 7. The van der Waals surface area contributed by atoms with Gasteiger partial charge in [0.1, 0.15) is 0 Å². The molecule has 11 rings (SSSR count). The van der Waals surface area contributed by atoms with Crippen molar-refractivity contribution in [3.05, 3.63) is 259 Å². The fourth-order valence-corrected chi connectivity index (χ4v) is 17.8. The van der Waals surface area contributed by atoms with E-state index in [2.05, 4.69) is 287 Å². The zero-order valence-corrected chi connectivity index (χ0v) is 42.0. The average molecular weight is 926 g/mol. The minimum atomic E-state index is -1.92. The van der Waals surface area contributed by atoms with Crippen LogP contribution in [0.5, 0.6) is 0 Å². The molecule has 0 saturated carbocycles. The lowest BCUT2D eigenvalue weighted by molar-refractivity contribution is 0.764. The average Bonchev–Trinajstić information content (AvgIpc) is 3.40. The topological polar surface area (TPSA) is 9.72 Å². The lowest BCUT2D eigenvalue weighted by atomic mass is 9.33. The molecule has 0 spiro atoms. The van der Waals surface area contributed by atoms with Gasteiger partial charge in [-0.3, -0.25) is 0 Å². The first kappa shape index (κ1) is 45.0. The molecule has 0 amide bonds. The second-order valence-electron chi connectivity index (χ2n) is 19.2. The molecule has 3 nitrogen and oxygen atoms in total. The van der Waals surface area contributed by atoms with Gasteiger partial charge in [-0.2, -0.15) is 10.0 Å². The summed E-state index contributed by atoms with van der Waals surface area (Å²) in [6, 6.07) is 63.7. The van der Waals surface area contributed by atoms with Crippen LogP contribution in [0.1, 0.15) is 58.8 Å². The molecule has 5 heteroatoms. The molecule has 70 heavy (non-hydrogen) atoms. The lowest BCUT2D eigenvalue weighted by Crippen LogP contribution is -2.61. The molecule has 2 unspecified atom stereocenters. The van der Waals surface area contributed by atoms with Gasteiger partial charge in [-0.25, -0.2) is 0 Å². The first-order valence-electron chi connectivity index (χ1n) is 24.8. The molecule has 7 aromatic rings. The van der Waals surface area contributed by atoms with E-state index in [1.165, 1.54) is 77.0 Å². The number of benzene rings is 7. The van der Waals surface area contributed by atoms with Crippen molar-refractivity contribution >= 4 is 72.9 Å². The van der Waals surface area contributed by atoms with Gasteiger partial charge in [0, 0.05) is 49.0 Å². The third kappa shape index (κ3) is 7.04. The van der Waals surface area contributed by atoms with Crippen molar-refractivity contribution in [2.75, 3.05) is 14.7 Å². The first-order valence-corrected chi connectivity index (χ1v) is 26.4. The van der Waals surface area contributed by atoms with Gasteiger partial charge in [0.15, 0.2) is 0 Å².